The minimum absolute atomic E-state index is 0.400. The van der Waals surface area contributed by atoms with Gasteiger partial charge in [0, 0.05) is 17.8 Å². The molecule has 0 aliphatic heterocycles. The predicted molar refractivity (Wildman–Crippen MR) is 91.4 cm³/mol. The van der Waals surface area contributed by atoms with E-state index in [-0.39, 0.29) is 0 Å². The number of hydrogen-bond acceptors (Lipinski definition) is 5. The van der Waals surface area contributed by atoms with Crippen LogP contribution in [0.4, 0.5) is 0 Å². The molecule has 0 atom stereocenters. The maximum Gasteiger partial charge on any atom is 0.224 e. The standard InChI is InChI=1S/C17H17ClN4O2/c1-10-7-11(2)22(21-10)16-9-17(20-12(3)19-16)24-15-6-5-13(23-4)8-14(15)18/h5-9H,1-4H3. The van der Waals surface area contributed by atoms with Crippen molar-refractivity contribution in [1.82, 2.24) is 19.7 Å². The molecule has 0 amide bonds. The molecule has 6 nitrogen and oxygen atoms in total. The Morgan fingerprint density at radius 1 is 1.04 bits per heavy atom. The molecule has 0 unspecified atom stereocenters. The van der Waals surface area contributed by atoms with Gasteiger partial charge in [-0.3, -0.25) is 0 Å². The van der Waals surface area contributed by atoms with E-state index in [1.54, 1.807) is 43.0 Å². The Morgan fingerprint density at radius 2 is 1.83 bits per heavy atom. The normalized spacial score (nSPS) is 10.7. The molecule has 0 N–H and O–H groups in total. The van der Waals surface area contributed by atoms with E-state index in [1.807, 2.05) is 19.9 Å². The molecule has 3 rings (SSSR count). The summed E-state index contributed by atoms with van der Waals surface area (Å²) in [5, 5.41) is 4.88. The molecule has 3 aromatic rings. The molecule has 124 valence electrons. The van der Waals surface area contributed by atoms with Crippen LogP contribution in [0.1, 0.15) is 17.2 Å². The summed E-state index contributed by atoms with van der Waals surface area (Å²) in [5.41, 5.74) is 1.91. The zero-order valence-corrected chi connectivity index (χ0v) is 14.6. The van der Waals surface area contributed by atoms with Crippen molar-refractivity contribution in [3.63, 3.8) is 0 Å². The Labute approximate surface area is 145 Å². The summed E-state index contributed by atoms with van der Waals surface area (Å²) in [6.45, 7) is 5.71. The number of methoxy groups -OCH3 is 1. The molecule has 2 heterocycles. The zero-order chi connectivity index (χ0) is 17.3. The number of benzene rings is 1. The second kappa shape index (κ2) is 6.49. The van der Waals surface area contributed by atoms with Gasteiger partial charge in [0.1, 0.15) is 17.3 Å². The number of aryl methyl sites for hydroxylation is 3. The smallest absolute Gasteiger partial charge is 0.224 e. The van der Waals surface area contributed by atoms with Crippen LogP contribution in [0.3, 0.4) is 0 Å². The first-order valence-electron chi connectivity index (χ1n) is 7.37. The van der Waals surface area contributed by atoms with E-state index in [0.717, 1.165) is 11.4 Å². The second-order valence-corrected chi connectivity index (χ2v) is 5.76. The Balaban J connectivity index is 1.96. The fourth-order valence-corrected chi connectivity index (χ4v) is 2.56. The quantitative estimate of drug-likeness (QED) is 0.714. The van der Waals surface area contributed by atoms with Crippen molar-refractivity contribution in [2.75, 3.05) is 7.11 Å². The maximum atomic E-state index is 6.22. The summed E-state index contributed by atoms with van der Waals surface area (Å²) in [6.07, 6.45) is 0. The van der Waals surface area contributed by atoms with Crippen molar-refractivity contribution >= 4 is 11.6 Å². The van der Waals surface area contributed by atoms with Crippen molar-refractivity contribution in [1.29, 1.82) is 0 Å². The van der Waals surface area contributed by atoms with E-state index in [0.29, 0.717) is 34.0 Å². The molecule has 0 fully saturated rings. The number of nitrogens with zero attached hydrogens (tertiary/aromatic N) is 4. The van der Waals surface area contributed by atoms with Crippen LogP contribution in [0.25, 0.3) is 5.82 Å². The monoisotopic (exact) mass is 344 g/mol. The lowest BCUT2D eigenvalue weighted by atomic mass is 10.3. The number of aromatic nitrogens is 4. The van der Waals surface area contributed by atoms with Crippen LogP contribution in [0.5, 0.6) is 17.4 Å². The van der Waals surface area contributed by atoms with Gasteiger partial charge in [-0.05, 0) is 39.0 Å². The third-order valence-electron chi connectivity index (χ3n) is 3.38. The van der Waals surface area contributed by atoms with E-state index < -0.39 is 0 Å². The fraction of sp³-hybridized carbons (Fsp3) is 0.235. The predicted octanol–water partition coefficient (Wildman–Crippen LogP) is 4.04. The number of halogens is 1. The molecule has 7 heteroatoms. The van der Waals surface area contributed by atoms with Crippen LogP contribution in [-0.4, -0.2) is 26.9 Å². The fourth-order valence-electron chi connectivity index (χ4n) is 2.35. The van der Waals surface area contributed by atoms with Crippen LogP contribution < -0.4 is 9.47 Å². The van der Waals surface area contributed by atoms with Gasteiger partial charge in [-0.2, -0.15) is 10.1 Å². The molecular weight excluding hydrogens is 328 g/mol. The molecule has 0 aliphatic rings. The summed E-state index contributed by atoms with van der Waals surface area (Å²) in [5.74, 6) is 2.79. The first-order chi connectivity index (χ1) is 11.5. The highest BCUT2D eigenvalue weighted by molar-refractivity contribution is 6.32. The van der Waals surface area contributed by atoms with Crippen LogP contribution in [-0.2, 0) is 0 Å². The average Bonchev–Trinajstić information content (AvgIpc) is 2.87. The van der Waals surface area contributed by atoms with Gasteiger partial charge >= 0.3 is 0 Å². The highest BCUT2D eigenvalue weighted by atomic mass is 35.5. The van der Waals surface area contributed by atoms with E-state index in [2.05, 4.69) is 15.1 Å². The summed E-state index contributed by atoms with van der Waals surface area (Å²) >= 11 is 6.22. The molecule has 0 radical (unpaired) electrons. The van der Waals surface area contributed by atoms with Crippen molar-refractivity contribution in [2.24, 2.45) is 0 Å². The molecule has 2 aromatic heterocycles. The molecular formula is C17H17ClN4O2. The third kappa shape index (κ3) is 3.33. The topological polar surface area (TPSA) is 62.1 Å². The molecule has 24 heavy (non-hydrogen) atoms. The van der Waals surface area contributed by atoms with E-state index in [9.17, 15) is 0 Å². The summed E-state index contributed by atoms with van der Waals surface area (Å²) in [6, 6.07) is 8.91. The minimum atomic E-state index is 0.400. The lowest BCUT2D eigenvalue weighted by Gasteiger charge is -2.10. The summed E-state index contributed by atoms with van der Waals surface area (Å²) in [7, 11) is 1.58. The summed E-state index contributed by atoms with van der Waals surface area (Å²) in [4.78, 5) is 8.74. The van der Waals surface area contributed by atoms with Crippen LogP contribution in [0.15, 0.2) is 30.3 Å². The Morgan fingerprint density at radius 3 is 2.46 bits per heavy atom. The highest BCUT2D eigenvalue weighted by Crippen LogP contribution is 2.32. The minimum Gasteiger partial charge on any atom is -0.497 e. The van der Waals surface area contributed by atoms with Crippen molar-refractivity contribution in [2.45, 2.75) is 20.8 Å². The van der Waals surface area contributed by atoms with E-state index >= 15 is 0 Å². The Bertz CT molecular complexity index is 892. The first-order valence-corrected chi connectivity index (χ1v) is 7.75. The Hall–Kier alpha value is -2.60. The van der Waals surface area contributed by atoms with Crippen LogP contribution in [0.2, 0.25) is 5.02 Å². The molecule has 0 spiro atoms. The zero-order valence-electron chi connectivity index (χ0n) is 13.9. The van der Waals surface area contributed by atoms with Gasteiger partial charge in [0.15, 0.2) is 5.82 Å². The van der Waals surface area contributed by atoms with Gasteiger partial charge < -0.3 is 9.47 Å². The number of hydrogen-bond donors (Lipinski definition) is 0. The van der Waals surface area contributed by atoms with Gasteiger partial charge in [-0.25, -0.2) is 9.67 Å². The van der Waals surface area contributed by atoms with Crippen molar-refractivity contribution < 1.29 is 9.47 Å². The lowest BCUT2D eigenvalue weighted by molar-refractivity contribution is 0.412. The molecule has 0 saturated heterocycles. The largest absolute Gasteiger partial charge is 0.497 e. The van der Waals surface area contributed by atoms with Crippen molar-refractivity contribution in [3.05, 3.63) is 52.6 Å². The van der Waals surface area contributed by atoms with Gasteiger partial charge in [-0.1, -0.05) is 11.6 Å². The SMILES string of the molecule is COc1ccc(Oc2cc(-n3nc(C)cc3C)nc(C)n2)c(Cl)c1. The molecule has 0 saturated carbocycles. The van der Waals surface area contributed by atoms with Gasteiger partial charge in [-0.15, -0.1) is 0 Å². The second-order valence-electron chi connectivity index (χ2n) is 5.35. The van der Waals surface area contributed by atoms with Gasteiger partial charge in [0.2, 0.25) is 5.88 Å². The van der Waals surface area contributed by atoms with E-state index in [1.165, 1.54) is 0 Å². The van der Waals surface area contributed by atoms with Gasteiger partial charge in [0.25, 0.3) is 0 Å². The van der Waals surface area contributed by atoms with E-state index in [4.69, 9.17) is 21.1 Å². The summed E-state index contributed by atoms with van der Waals surface area (Å²) < 4.78 is 12.7. The molecule has 0 aliphatic carbocycles. The maximum absolute atomic E-state index is 6.22. The van der Waals surface area contributed by atoms with Crippen LogP contribution in [0, 0.1) is 20.8 Å². The van der Waals surface area contributed by atoms with Crippen LogP contribution >= 0.6 is 11.6 Å². The first kappa shape index (κ1) is 16.3. The molecule has 1 aromatic carbocycles. The number of rotatable bonds is 4. The van der Waals surface area contributed by atoms with Gasteiger partial charge in [0.05, 0.1) is 17.8 Å². The highest BCUT2D eigenvalue weighted by Gasteiger charge is 2.11. The third-order valence-corrected chi connectivity index (χ3v) is 3.68. The van der Waals surface area contributed by atoms with Crippen molar-refractivity contribution in [3.8, 4) is 23.2 Å². The molecule has 0 bridgehead atoms. The number of ether oxygens (including phenoxy) is 2. The lowest BCUT2D eigenvalue weighted by Crippen LogP contribution is -2.05. The Kier molecular flexibility index (Phi) is 4.40. The average molecular weight is 345 g/mol.